The summed E-state index contributed by atoms with van der Waals surface area (Å²) in [6.45, 7) is 8.03. The van der Waals surface area contributed by atoms with Crippen molar-refractivity contribution in [2.75, 3.05) is 6.61 Å². The molecule has 2 aliphatic carbocycles. The molecule has 6 heteroatoms. The molecule has 4 N–H and O–H groups in total. The van der Waals surface area contributed by atoms with Gasteiger partial charge in [-0.3, -0.25) is 0 Å². The molecular weight excluding hydrogens is 336 g/mol. The maximum atomic E-state index is 11.3. The van der Waals surface area contributed by atoms with E-state index in [4.69, 9.17) is 5.11 Å². The number of carboxylic acids is 2. The Bertz CT molecular complexity index is 663. The van der Waals surface area contributed by atoms with E-state index in [0.29, 0.717) is 12.5 Å². The molecule has 0 heterocycles. The van der Waals surface area contributed by atoms with E-state index in [1.807, 2.05) is 6.92 Å². The van der Waals surface area contributed by atoms with E-state index in [2.05, 4.69) is 13.5 Å². The third-order valence-electron chi connectivity index (χ3n) is 6.55. The second kappa shape index (κ2) is 7.37. The van der Waals surface area contributed by atoms with Crippen molar-refractivity contribution >= 4 is 11.9 Å². The molecule has 0 aromatic rings. The molecule has 2 fully saturated rings. The Hall–Kier alpha value is -1.92. The second-order valence-corrected chi connectivity index (χ2v) is 8.05. The van der Waals surface area contributed by atoms with Crippen LogP contribution in [0.25, 0.3) is 0 Å². The van der Waals surface area contributed by atoms with Gasteiger partial charge in [0.15, 0.2) is 0 Å². The van der Waals surface area contributed by atoms with Crippen LogP contribution in [0, 0.1) is 22.7 Å². The van der Waals surface area contributed by atoms with E-state index >= 15 is 0 Å². The van der Waals surface area contributed by atoms with Crippen molar-refractivity contribution in [2.45, 2.75) is 45.6 Å². The van der Waals surface area contributed by atoms with Gasteiger partial charge in [-0.1, -0.05) is 38.2 Å². The molecule has 2 rings (SSSR count). The van der Waals surface area contributed by atoms with Crippen LogP contribution < -0.4 is 0 Å². The minimum Gasteiger partial charge on any atom is -0.478 e. The molecule has 0 amide bonds. The van der Waals surface area contributed by atoms with Gasteiger partial charge in [0.1, 0.15) is 0 Å². The Morgan fingerprint density at radius 3 is 2.46 bits per heavy atom. The highest BCUT2D eigenvalue weighted by Crippen LogP contribution is 2.61. The Morgan fingerprint density at radius 2 is 1.92 bits per heavy atom. The molecule has 6 nitrogen and oxygen atoms in total. The molecule has 0 unspecified atom stereocenters. The summed E-state index contributed by atoms with van der Waals surface area (Å²) >= 11 is 0. The molecule has 0 aromatic heterocycles. The highest BCUT2D eigenvalue weighted by molar-refractivity contribution is 5.97. The number of hydrogen-bond donors (Lipinski definition) is 4. The molecule has 0 aliphatic heterocycles. The van der Waals surface area contributed by atoms with Gasteiger partial charge in [0.05, 0.1) is 18.3 Å². The van der Waals surface area contributed by atoms with Gasteiger partial charge in [-0.25, -0.2) is 9.59 Å². The SMILES string of the molecule is C=C1CC[C@@H]2[C@](C)(CO)[C@H](O)CC[C@@]2(C)[C@@H]1/C=C/C(=C/C(=O)O)C(=O)O. The Morgan fingerprint density at radius 1 is 1.27 bits per heavy atom. The Balaban J connectivity index is 2.41. The van der Waals surface area contributed by atoms with E-state index in [0.717, 1.165) is 24.8 Å². The standard InChI is InChI=1S/C20H28O6/c1-12-4-7-15-19(2,9-8-16(22)20(15,3)11-21)14(12)6-5-13(18(25)26)10-17(23)24/h5-6,10,14-16,21-22H,1,4,7-9,11H2,2-3H3,(H,23,24)(H,25,26)/b6-5+,13-10-/t14-,15+,16-,19+,20+/m1/s1. The molecule has 26 heavy (non-hydrogen) atoms. The molecular formula is C20H28O6. The van der Waals surface area contributed by atoms with Crippen LogP contribution in [0.4, 0.5) is 0 Å². The van der Waals surface area contributed by atoms with E-state index < -0.39 is 23.5 Å². The Kier molecular flexibility index (Phi) is 5.78. The summed E-state index contributed by atoms with van der Waals surface area (Å²) in [4.78, 5) is 22.1. The van der Waals surface area contributed by atoms with Crippen molar-refractivity contribution in [2.24, 2.45) is 22.7 Å². The average molecular weight is 364 g/mol. The molecule has 2 aliphatic rings. The van der Waals surface area contributed by atoms with Gasteiger partial charge in [-0.15, -0.1) is 0 Å². The summed E-state index contributed by atoms with van der Waals surface area (Å²) in [7, 11) is 0. The van der Waals surface area contributed by atoms with Gasteiger partial charge in [-0.05, 0) is 37.0 Å². The number of aliphatic hydroxyl groups excluding tert-OH is 2. The van der Waals surface area contributed by atoms with Crippen molar-refractivity contribution in [3.05, 3.63) is 36.0 Å². The van der Waals surface area contributed by atoms with Crippen LogP contribution in [0.5, 0.6) is 0 Å². The molecule has 5 atom stereocenters. The van der Waals surface area contributed by atoms with Crippen molar-refractivity contribution in [3.8, 4) is 0 Å². The zero-order valence-electron chi connectivity index (χ0n) is 15.3. The van der Waals surface area contributed by atoms with Gasteiger partial charge in [0, 0.05) is 17.4 Å². The molecule has 0 radical (unpaired) electrons. The zero-order chi connectivity index (χ0) is 19.7. The Labute approximate surface area is 153 Å². The number of aliphatic carboxylic acids is 2. The predicted octanol–water partition coefficient (Wildman–Crippen LogP) is 2.38. The summed E-state index contributed by atoms with van der Waals surface area (Å²) in [6, 6.07) is 0. The van der Waals surface area contributed by atoms with Gasteiger partial charge < -0.3 is 20.4 Å². The number of fused-ring (bicyclic) bond motifs is 1. The fourth-order valence-corrected chi connectivity index (χ4v) is 5.01. The molecule has 144 valence electrons. The van der Waals surface area contributed by atoms with Gasteiger partial charge in [-0.2, -0.15) is 0 Å². The number of hydrogen-bond acceptors (Lipinski definition) is 4. The van der Waals surface area contributed by atoms with E-state index in [-0.39, 0.29) is 29.4 Å². The highest BCUT2D eigenvalue weighted by atomic mass is 16.4. The lowest BCUT2D eigenvalue weighted by Crippen LogP contribution is -2.57. The minimum atomic E-state index is -1.31. The van der Waals surface area contributed by atoms with Crippen LogP contribution in [-0.4, -0.2) is 45.1 Å². The number of aliphatic hydroxyl groups is 2. The van der Waals surface area contributed by atoms with E-state index in [9.17, 15) is 24.9 Å². The lowest BCUT2D eigenvalue weighted by molar-refractivity contribution is -0.145. The quantitative estimate of drug-likeness (QED) is 0.338. The first-order valence-corrected chi connectivity index (χ1v) is 8.89. The smallest absolute Gasteiger partial charge is 0.335 e. The normalized spacial score (nSPS) is 38.2. The number of allylic oxidation sites excluding steroid dienone is 2. The van der Waals surface area contributed by atoms with Crippen LogP contribution in [0.3, 0.4) is 0 Å². The number of carbonyl (C=O) groups is 2. The molecule has 0 bridgehead atoms. The molecule has 0 saturated heterocycles. The predicted molar refractivity (Wildman–Crippen MR) is 96.4 cm³/mol. The minimum absolute atomic E-state index is 0.0561. The maximum Gasteiger partial charge on any atom is 0.335 e. The van der Waals surface area contributed by atoms with Crippen LogP contribution in [0.2, 0.25) is 0 Å². The fourth-order valence-electron chi connectivity index (χ4n) is 5.01. The van der Waals surface area contributed by atoms with Crippen LogP contribution in [0.1, 0.15) is 39.5 Å². The fraction of sp³-hybridized carbons (Fsp3) is 0.600. The van der Waals surface area contributed by atoms with Gasteiger partial charge >= 0.3 is 11.9 Å². The lowest BCUT2D eigenvalue weighted by Gasteiger charge is -2.59. The van der Waals surface area contributed by atoms with Gasteiger partial charge in [0.25, 0.3) is 0 Å². The van der Waals surface area contributed by atoms with Crippen molar-refractivity contribution < 1.29 is 30.0 Å². The zero-order valence-corrected chi connectivity index (χ0v) is 15.3. The summed E-state index contributed by atoms with van der Waals surface area (Å²) in [5, 5.41) is 38.5. The number of rotatable bonds is 5. The van der Waals surface area contributed by atoms with E-state index in [1.54, 1.807) is 6.08 Å². The summed E-state index contributed by atoms with van der Waals surface area (Å²) in [5.74, 6) is -2.70. The summed E-state index contributed by atoms with van der Waals surface area (Å²) in [5.41, 5.74) is -0.227. The first kappa shape index (κ1) is 20.4. The first-order chi connectivity index (χ1) is 12.1. The second-order valence-electron chi connectivity index (χ2n) is 8.05. The van der Waals surface area contributed by atoms with Crippen molar-refractivity contribution in [1.29, 1.82) is 0 Å². The van der Waals surface area contributed by atoms with Gasteiger partial charge in [0.2, 0.25) is 0 Å². The van der Waals surface area contributed by atoms with Crippen LogP contribution in [0.15, 0.2) is 36.0 Å². The monoisotopic (exact) mass is 364 g/mol. The largest absolute Gasteiger partial charge is 0.478 e. The summed E-state index contributed by atoms with van der Waals surface area (Å²) in [6.07, 6.45) is 5.97. The highest BCUT2D eigenvalue weighted by Gasteiger charge is 2.57. The van der Waals surface area contributed by atoms with E-state index in [1.165, 1.54) is 6.08 Å². The maximum absolute atomic E-state index is 11.3. The number of carboxylic acid groups (broad SMARTS) is 2. The first-order valence-electron chi connectivity index (χ1n) is 8.89. The molecule has 0 spiro atoms. The van der Waals surface area contributed by atoms with Crippen LogP contribution >= 0.6 is 0 Å². The van der Waals surface area contributed by atoms with Crippen molar-refractivity contribution in [3.63, 3.8) is 0 Å². The summed E-state index contributed by atoms with van der Waals surface area (Å²) < 4.78 is 0. The topological polar surface area (TPSA) is 115 Å². The molecule has 0 aromatic carbocycles. The third-order valence-corrected chi connectivity index (χ3v) is 6.55. The van der Waals surface area contributed by atoms with Crippen LogP contribution in [-0.2, 0) is 9.59 Å². The third kappa shape index (κ3) is 3.48. The lowest BCUT2D eigenvalue weighted by atomic mass is 9.46. The molecule has 2 saturated carbocycles. The average Bonchev–Trinajstić information content (AvgIpc) is 2.56. The van der Waals surface area contributed by atoms with Crippen molar-refractivity contribution in [1.82, 2.24) is 0 Å².